The van der Waals surface area contributed by atoms with Crippen molar-refractivity contribution in [1.82, 2.24) is 10.4 Å². The zero-order chi connectivity index (χ0) is 19.3. The molecule has 4 rings (SSSR count). The number of nitrogens with zero attached hydrogens (tertiary/aromatic N) is 1. The van der Waals surface area contributed by atoms with Crippen molar-refractivity contribution in [2.45, 2.75) is 6.92 Å². The number of amides is 1. The zero-order valence-electron chi connectivity index (χ0n) is 15.3. The highest BCUT2D eigenvalue weighted by atomic mass is 32.1. The van der Waals surface area contributed by atoms with Crippen molar-refractivity contribution in [3.05, 3.63) is 94.3 Å². The number of hydrogen-bond acceptors (Lipinski definition) is 3. The van der Waals surface area contributed by atoms with Crippen LogP contribution >= 0.6 is 11.3 Å². The predicted molar refractivity (Wildman–Crippen MR) is 116 cm³/mol. The second-order valence-corrected chi connectivity index (χ2v) is 7.67. The van der Waals surface area contributed by atoms with E-state index >= 15 is 0 Å². The van der Waals surface area contributed by atoms with Gasteiger partial charge in [0.1, 0.15) is 5.69 Å². The maximum absolute atomic E-state index is 12.8. The summed E-state index contributed by atoms with van der Waals surface area (Å²) in [7, 11) is 0. The number of aryl methyl sites for hydroxylation is 1. The Morgan fingerprint density at radius 3 is 2.29 bits per heavy atom. The normalized spacial score (nSPS) is 11.0. The maximum atomic E-state index is 12.8. The van der Waals surface area contributed by atoms with Crippen molar-refractivity contribution in [3.63, 3.8) is 0 Å². The van der Waals surface area contributed by atoms with Crippen LogP contribution in [0.15, 0.2) is 84.0 Å². The van der Waals surface area contributed by atoms with Crippen LogP contribution in [0, 0.1) is 6.92 Å². The summed E-state index contributed by atoms with van der Waals surface area (Å²) < 4.78 is 0. The molecular weight excluding hydrogens is 366 g/mol. The molecule has 0 spiro atoms. The van der Waals surface area contributed by atoms with E-state index in [2.05, 4.69) is 15.5 Å². The minimum absolute atomic E-state index is 0.273. The molecule has 4 nitrogen and oxygen atoms in total. The summed E-state index contributed by atoms with van der Waals surface area (Å²) in [4.78, 5) is 18.3. The molecular formula is C23H19N3OS. The highest BCUT2D eigenvalue weighted by Crippen LogP contribution is 2.29. The van der Waals surface area contributed by atoms with E-state index in [1.165, 1.54) is 4.88 Å². The molecule has 0 unspecified atom stereocenters. The van der Waals surface area contributed by atoms with Crippen LogP contribution in [0.2, 0.25) is 0 Å². The van der Waals surface area contributed by atoms with E-state index in [9.17, 15) is 4.79 Å². The molecule has 138 valence electrons. The highest BCUT2D eigenvalue weighted by Gasteiger charge is 2.17. The number of thiophene rings is 1. The molecule has 0 aliphatic rings. The molecule has 0 saturated carbocycles. The molecule has 5 heteroatoms. The van der Waals surface area contributed by atoms with Crippen LogP contribution in [0.5, 0.6) is 0 Å². The number of carbonyl (C=O) groups excluding carboxylic acids is 1. The van der Waals surface area contributed by atoms with Crippen molar-refractivity contribution >= 4 is 23.5 Å². The summed E-state index contributed by atoms with van der Waals surface area (Å²) in [6.07, 6.45) is 1.67. The smallest absolute Gasteiger partial charge is 0.288 e. The fourth-order valence-electron chi connectivity index (χ4n) is 2.99. The van der Waals surface area contributed by atoms with Crippen LogP contribution in [-0.2, 0) is 0 Å². The van der Waals surface area contributed by atoms with E-state index < -0.39 is 0 Å². The van der Waals surface area contributed by atoms with E-state index in [1.54, 1.807) is 17.6 Å². The van der Waals surface area contributed by atoms with E-state index in [0.717, 1.165) is 27.3 Å². The monoisotopic (exact) mass is 385 g/mol. The topological polar surface area (TPSA) is 57.2 Å². The maximum Gasteiger partial charge on any atom is 0.288 e. The molecule has 0 radical (unpaired) electrons. The number of hydrogen-bond donors (Lipinski definition) is 2. The molecule has 0 bridgehead atoms. The first-order valence-electron chi connectivity index (χ1n) is 8.94. The Labute approximate surface area is 167 Å². The fourth-order valence-corrected chi connectivity index (χ4v) is 3.73. The van der Waals surface area contributed by atoms with E-state index in [0.29, 0.717) is 5.69 Å². The van der Waals surface area contributed by atoms with Gasteiger partial charge in [-0.1, -0.05) is 60.7 Å². The lowest BCUT2D eigenvalue weighted by Crippen LogP contribution is -2.18. The summed E-state index contributed by atoms with van der Waals surface area (Å²) in [5.74, 6) is -0.273. The zero-order valence-corrected chi connectivity index (χ0v) is 16.2. The number of benzene rings is 2. The van der Waals surface area contributed by atoms with Gasteiger partial charge in [0.2, 0.25) is 0 Å². The molecule has 1 amide bonds. The largest absolute Gasteiger partial charge is 0.350 e. The van der Waals surface area contributed by atoms with Crippen molar-refractivity contribution in [2.24, 2.45) is 5.10 Å². The second-order valence-electron chi connectivity index (χ2n) is 6.35. The molecule has 28 heavy (non-hydrogen) atoms. The van der Waals surface area contributed by atoms with Gasteiger partial charge >= 0.3 is 0 Å². The second kappa shape index (κ2) is 8.06. The van der Waals surface area contributed by atoms with Crippen molar-refractivity contribution < 1.29 is 4.79 Å². The summed E-state index contributed by atoms with van der Waals surface area (Å²) in [6.45, 7) is 2.04. The standard InChI is InChI=1S/C23H19N3OS/c1-16-12-13-19(28-16)15-24-26-23(27)22-20(17-8-4-2-5-9-17)14-21(25-22)18-10-6-3-7-11-18/h2-15,25H,1H3,(H,26,27). The number of aromatic amines is 1. The van der Waals surface area contributed by atoms with Gasteiger partial charge in [0.05, 0.1) is 6.21 Å². The predicted octanol–water partition coefficient (Wildman–Crippen LogP) is 5.48. The molecule has 2 aromatic heterocycles. The van der Waals surface area contributed by atoms with E-state index in [4.69, 9.17) is 0 Å². The highest BCUT2D eigenvalue weighted by molar-refractivity contribution is 7.13. The Kier molecular flexibility index (Phi) is 5.17. The average molecular weight is 385 g/mol. The Morgan fingerprint density at radius 2 is 1.64 bits per heavy atom. The van der Waals surface area contributed by atoms with Gasteiger partial charge in [0.15, 0.2) is 0 Å². The third-order valence-corrected chi connectivity index (χ3v) is 5.27. The van der Waals surface area contributed by atoms with Gasteiger partial charge in [0.25, 0.3) is 5.91 Å². The van der Waals surface area contributed by atoms with Gasteiger partial charge in [0, 0.05) is 21.0 Å². The Bertz CT molecular complexity index is 1110. The lowest BCUT2D eigenvalue weighted by molar-refractivity contribution is 0.0951. The SMILES string of the molecule is Cc1ccc(C=NNC(=O)c2[nH]c(-c3ccccc3)cc2-c2ccccc2)s1. The third-order valence-electron chi connectivity index (χ3n) is 4.33. The fraction of sp³-hybridized carbons (Fsp3) is 0.0435. The minimum Gasteiger partial charge on any atom is -0.350 e. The van der Waals surface area contributed by atoms with E-state index in [-0.39, 0.29) is 5.91 Å². The van der Waals surface area contributed by atoms with Crippen molar-refractivity contribution in [2.75, 3.05) is 0 Å². The average Bonchev–Trinajstić information content (AvgIpc) is 3.36. The molecule has 2 aromatic carbocycles. The molecule has 0 aliphatic heterocycles. The Hall–Kier alpha value is -3.44. The summed E-state index contributed by atoms with van der Waals surface area (Å²) >= 11 is 1.63. The van der Waals surface area contributed by atoms with Gasteiger partial charge < -0.3 is 4.98 Å². The first-order valence-corrected chi connectivity index (χ1v) is 9.76. The molecule has 0 aliphatic carbocycles. The number of hydrazone groups is 1. The number of H-pyrrole nitrogens is 1. The quantitative estimate of drug-likeness (QED) is 0.347. The van der Waals surface area contributed by atoms with Crippen molar-refractivity contribution in [3.8, 4) is 22.4 Å². The molecule has 2 N–H and O–H groups in total. The first kappa shape index (κ1) is 17.9. The van der Waals surface area contributed by atoms with Gasteiger partial charge in [-0.3, -0.25) is 4.79 Å². The van der Waals surface area contributed by atoms with Crippen LogP contribution in [-0.4, -0.2) is 17.1 Å². The summed E-state index contributed by atoms with van der Waals surface area (Å²) in [5.41, 5.74) is 6.87. The summed E-state index contributed by atoms with van der Waals surface area (Å²) in [6, 6.07) is 25.8. The third kappa shape index (κ3) is 3.94. The van der Waals surface area contributed by atoms with Gasteiger partial charge in [-0.05, 0) is 36.2 Å². The first-order chi connectivity index (χ1) is 13.7. The van der Waals surface area contributed by atoms with E-state index in [1.807, 2.05) is 85.8 Å². The van der Waals surface area contributed by atoms with Gasteiger partial charge in [-0.2, -0.15) is 5.10 Å². The van der Waals surface area contributed by atoms with Gasteiger partial charge in [-0.25, -0.2) is 5.43 Å². The number of carbonyl (C=O) groups is 1. The van der Waals surface area contributed by atoms with Crippen LogP contribution in [0.1, 0.15) is 20.2 Å². The number of rotatable bonds is 5. The molecule has 0 atom stereocenters. The lowest BCUT2D eigenvalue weighted by Gasteiger charge is -2.03. The van der Waals surface area contributed by atoms with Crippen LogP contribution in [0.4, 0.5) is 0 Å². The minimum atomic E-state index is -0.273. The van der Waals surface area contributed by atoms with Crippen LogP contribution in [0.3, 0.4) is 0 Å². The number of aromatic nitrogens is 1. The lowest BCUT2D eigenvalue weighted by atomic mass is 10.0. The molecule has 2 heterocycles. The molecule has 0 saturated heterocycles. The molecule has 4 aromatic rings. The van der Waals surface area contributed by atoms with Crippen LogP contribution in [0.25, 0.3) is 22.4 Å². The molecule has 0 fully saturated rings. The van der Waals surface area contributed by atoms with Crippen LogP contribution < -0.4 is 5.43 Å². The Balaban J connectivity index is 1.65. The Morgan fingerprint density at radius 1 is 0.964 bits per heavy atom. The van der Waals surface area contributed by atoms with Gasteiger partial charge in [-0.15, -0.1) is 11.3 Å². The van der Waals surface area contributed by atoms with Crippen molar-refractivity contribution in [1.29, 1.82) is 0 Å². The number of nitrogens with one attached hydrogen (secondary N) is 2. The summed E-state index contributed by atoms with van der Waals surface area (Å²) in [5, 5.41) is 4.11.